The topological polar surface area (TPSA) is 43.9 Å². The zero-order chi connectivity index (χ0) is 13.6. The molecule has 0 aromatic carbocycles. The van der Waals surface area contributed by atoms with E-state index in [1.807, 2.05) is 9.80 Å². The minimum absolute atomic E-state index is 0.00349. The molecule has 0 aliphatic carbocycles. The summed E-state index contributed by atoms with van der Waals surface area (Å²) in [5.41, 5.74) is 0.180. The van der Waals surface area contributed by atoms with Gasteiger partial charge in [0.15, 0.2) is 0 Å². The van der Waals surface area contributed by atoms with Crippen molar-refractivity contribution in [1.82, 2.24) is 14.7 Å². The molecule has 5 nitrogen and oxygen atoms in total. The highest BCUT2D eigenvalue weighted by atomic mass is 16.2. The van der Waals surface area contributed by atoms with Crippen molar-refractivity contribution in [2.45, 2.75) is 13.3 Å². The molecule has 1 spiro atoms. The Labute approximate surface area is 113 Å². The normalized spacial score (nSPS) is 28.1. The Morgan fingerprint density at radius 1 is 1.16 bits per heavy atom. The quantitative estimate of drug-likeness (QED) is 0.656. The lowest BCUT2D eigenvalue weighted by atomic mass is 9.73. The first-order valence-corrected chi connectivity index (χ1v) is 6.98. The molecule has 1 atom stereocenters. The van der Waals surface area contributed by atoms with Crippen LogP contribution in [0.25, 0.3) is 0 Å². The predicted molar refractivity (Wildman–Crippen MR) is 71.5 cm³/mol. The van der Waals surface area contributed by atoms with E-state index in [1.165, 1.54) is 6.08 Å². The Morgan fingerprint density at radius 3 is 2.32 bits per heavy atom. The van der Waals surface area contributed by atoms with Gasteiger partial charge in [0.1, 0.15) is 0 Å². The maximum atomic E-state index is 12.2. The van der Waals surface area contributed by atoms with Gasteiger partial charge in [-0.2, -0.15) is 0 Å². The molecule has 3 fully saturated rings. The van der Waals surface area contributed by atoms with Crippen LogP contribution < -0.4 is 0 Å². The number of carbonyl (C=O) groups is 2. The van der Waals surface area contributed by atoms with Crippen molar-refractivity contribution in [1.29, 1.82) is 0 Å². The van der Waals surface area contributed by atoms with Crippen LogP contribution >= 0.6 is 0 Å². The van der Waals surface area contributed by atoms with E-state index >= 15 is 0 Å². The number of amides is 3. The molecule has 3 amide bonds. The highest BCUT2D eigenvalue weighted by Crippen LogP contribution is 2.40. The molecule has 3 rings (SSSR count). The molecule has 0 N–H and O–H groups in total. The Bertz CT molecular complexity index is 420. The molecule has 3 saturated heterocycles. The summed E-state index contributed by atoms with van der Waals surface area (Å²) in [5.74, 6) is 0.632. The largest absolute Gasteiger partial charge is 0.338 e. The fraction of sp³-hybridized carbons (Fsp3) is 0.714. The second-order valence-electron chi connectivity index (χ2n) is 6.38. The van der Waals surface area contributed by atoms with Crippen molar-refractivity contribution in [2.75, 3.05) is 39.3 Å². The van der Waals surface area contributed by atoms with Crippen LogP contribution in [0.4, 0.5) is 4.79 Å². The smallest absolute Gasteiger partial charge is 0.320 e. The van der Waals surface area contributed by atoms with Gasteiger partial charge in [-0.25, -0.2) is 4.79 Å². The Balaban J connectivity index is 1.47. The van der Waals surface area contributed by atoms with Crippen molar-refractivity contribution < 1.29 is 9.59 Å². The van der Waals surface area contributed by atoms with Crippen LogP contribution in [0, 0.1) is 11.3 Å². The van der Waals surface area contributed by atoms with Crippen LogP contribution in [-0.2, 0) is 4.79 Å². The van der Waals surface area contributed by atoms with E-state index in [9.17, 15) is 9.59 Å². The lowest BCUT2D eigenvalue weighted by molar-refractivity contribution is -0.149. The van der Waals surface area contributed by atoms with Gasteiger partial charge in [0, 0.05) is 44.7 Å². The summed E-state index contributed by atoms with van der Waals surface area (Å²) in [6.07, 6.45) is 2.48. The van der Waals surface area contributed by atoms with E-state index in [-0.39, 0.29) is 17.4 Å². The van der Waals surface area contributed by atoms with Gasteiger partial charge in [-0.1, -0.05) is 13.5 Å². The van der Waals surface area contributed by atoms with E-state index in [1.54, 1.807) is 4.90 Å². The van der Waals surface area contributed by atoms with Crippen molar-refractivity contribution >= 4 is 11.9 Å². The highest BCUT2D eigenvalue weighted by Gasteiger charge is 2.54. The third-order valence-corrected chi connectivity index (χ3v) is 4.56. The molecule has 19 heavy (non-hydrogen) atoms. The van der Waals surface area contributed by atoms with Crippen molar-refractivity contribution in [3.8, 4) is 0 Å². The molecule has 5 heteroatoms. The molecular formula is C14H21N3O2. The van der Waals surface area contributed by atoms with Crippen LogP contribution in [0.5, 0.6) is 0 Å². The molecule has 3 heterocycles. The van der Waals surface area contributed by atoms with Crippen LogP contribution in [0.1, 0.15) is 13.3 Å². The summed E-state index contributed by atoms with van der Waals surface area (Å²) in [5, 5.41) is 0. The Kier molecular flexibility index (Phi) is 2.80. The minimum Gasteiger partial charge on any atom is -0.338 e. The van der Waals surface area contributed by atoms with E-state index in [0.717, 1.165) is 45.7 Å². The second kappa shape index (κ2) is 4.25. The molecule has 0 aromatic heterocycles. The minimum atomic E-state index is 0.00349. The van der Waals surface area contributed by atoms with Crippen molar-refractivity contribution in [3.63, 3.8) is 0 Å². The summed E-state index contributed by atoms with van der Waals surface area (Å²) in [6.45, 7) is 10.6. The Morgan fingerprint density at radius 2 is 1.79 bits per heavy atom. The van der Waals surface area contributed by atoms with Crippen molar-refractivity contribution in [2.24, 2.45) is 11.3 Å². The molecular weight excluding hydrogens is 242 g/mol. The Hall–Kier alpha value is -1.52. The second-order valence-corrected chi connectivity index (χ2v) is 6.38. The number of hydrogen-bond donors (Lipinski definition) is 0. The van der Waals surface area contributed by atoms with Gasteiger partial charge >= 0.3 is 6.03 Å². The van der Waals surface area contributed by atoms with Crippen LogP contribution in [0.15, 0.2) is 12.7 Å². The molecule has 0 aromatic rings. The summed E-state index contributed by atoms with van der Waals surface area (Å²) in [4.78, 5) is 29.3. The number of likely N-dealkylation sites (tertiary alicyclic amines) is 3. The number of carbonyl (C=O) groups excluding carboxylic acids is 2. The lowest BCUT2D eigenvalue weighted by Gasteiger charge is -2.60. The summed E-state index contributed by atoms with van der Waals surface area (Å²) in [7, 11) is 0. The summed E-state index contributed by atoms with van der Waals surface area (Å²) >= 11 is 0. The maximum absolute atomic E-state index is 12.2. The summed E-state index contributed by atoms with van der Waals surface area (Å²) in [6, 6.07) is 0.184. The maximum Gasteiger partial charge on any atom is 0.320 e. The first-order valence-electron chi connectivity index (χ1n) is 6.98. The molecule has 0 bridgehead atoms. The lowest BCUT2D eigenvalue weighted by Crippen LogP contribution is -2.74. The van der Waals surface area contributed by atoms with Crippen LogP contribution in [-0.4, -0.2) is 65.9 Å². The fourth-order valence-electron chi connectivity index (χ4n) is 3.46. The van der Waals surface area contributed by atoms with Gasteiger partial charge in [-0.15, -0.1) is 0 Å². The number of urea groups is 1. The molecule has 104 valence electrons. The average Bonchev–Trinajstić information content (AvgIpc) is 2.71. The van der Waals surface area contributed by atoms with Gasteiger partial charge in [-0.05, 0) is 18.4 Å². The van der Waals surface area contributed by atoms with Crippen molar-refractivity contribution in [3.05, 3.63) is 12.7 Å². The number of rotatable bonds is 1. The average molecular weight is 263 g/mol. The summed E-state index contributed by atoms with van der Waals surface area (Å²) < 4.78 is 0. The van der Waals surface area contributed by atoms with E-state index < -0.39 is 0 Å². The van der Waals surface area contributed by atoms with E-state index in [0.29, 0.717) is 5.92 Å². The third-order valence-electron chi connectivity index (χ3n) is 4.56. The van der Waals surface area contributed by atoms with E-state index in [2.05, 4.69) is 13.5 Å². The SMILES string of the molecule is C=CC(=O)N1CC2(C1)CN(C(=O)N1CCC(C)C1)C2. The zero-order valence-corrected chi connectivity index (χ0v) is 11.5. The van der Waals surface area contributed by atoms with Gasteiger partial charge in [0.2, 0.25) is 5.91 Å². The van der Waals surface area contributed by atoms with Crippen LogP contribution in [0.3, 0.4) is 0 Å². The molecule has 0 saturated carbocycles. The van der Waals surface area contributed by atoms with Gasteiger partial charge in [-0.3, -0.25) is 4.79 Å². The highest BCUT2D eigenvalue weighted by molar-refractivity contribution is 5.88. The molecule has 1 unspecified atom stereocenters. The molecule has 3 aliphatic heterocycles. The fourth-order valence-corrected chi connectivity index (χ4v) is 3.46. The first kappa shape index (κ1) is 12.5. The first-order chi connectivity index (χ1) is 9.03. The van der Waals surface area contributed by atoms with Crippen LogP contribution in [0.2, 0.25) is 0 Å². The number of nitrogens with zero attached hydrogens (tertiary/aromatic N) is 3. The molecule has 3 aliphatic rings. The standard InChI is InChI=1S/C14H21N3O2/c1-3-12(18)16-7-14(8-16)9-17(10-14)13(19)15-5-4-11(2)6-15/h3,11H,1,4-10H2,2H3. The third kappa shape index (κ3) is 2.01. The van der Waals surface area contributed by atoms with E-state index in [4.69, 9.17) is 0 Å². The zero-order valence-electron chi connectivity index (χ0n) is 11.5. The predicted octanol–water partition coefficient (Wildman–Crippen LogP) is 0.778. The van der Waals surface area contributed by atoms with Gasteiger partial charge in [0.25, 0.3) is 0 Å². The van der Waals surface area contributed by atoms with Gasteiger partial charge in [0.05, 0.1) is 0 Å². The molecule has 0 radical (unpaired) electrons. The number of hydrogen-bond acceptors (Lipinski definition) is 2. The van der Waals surface area contributed by atoms with Gasteiger partial charge < -0.3 is 14.7 Å². The monoisotopic (exact) mass is 263 g/mol.